The maximum atomic E-state index is 11.4. The van der Waals surface area contributed by atoms with Gasteiger partial charge in [0, 0.05) is 5.41 Å². The smallest absolute Gasteiger partial charge is 0.328 e. The van der Waals surface area contributed by atoms with Gasteiger partial charge in [-0.1, -0.05) is 13.8 Å². The standard InChI is InChI=1S/C9H15NO3/c1-4-9(2)5-6(7(11)13-3)10-8(9)12/h6H,4-5H2,1-3H3,(H,10,12)/t6-,9?/m0/s1. The van der Waals surface area contributed by atoms with Crippen LogP contribution < -0.4 is 5.32 Å². The van der Waals surface area contributed by atoms with Gasteiger partial charge in [0.1, 0.15) is 6.04 Å². The van der Waals surface area contributed by atoms with E-state index in [9.17, 15) is 9.59 Å². The van der Waals surface area contributed by atoms with E-state index in [0.29, 0.717) is 6.42 Å². The maximum Gasteiger partial charge on any atom is 0.328 e. The van der Waals surface area contributed by atoms with E-state index in [1.165, 1.54) is 7.11 Å². The molecule has 4 heteroatoms. The van der Waals surface area contributed by atoms with Crippen LogP contribution in [0.25, 0.3) is 0 Å². The molecule has 1 aliphatic rings. The molecule has 2 atom stereocenters. The predicted molar refractivity (Wildman–Crippen MR) is 47.0 cm³/mol. The summed E-state index contributed by atoms with van der Waals surface area (Å²) in [5.41, 5.74) is -0.404. The van der Waals surface area contributed by atoms with Crippen molar-refractivity contribution >= 4 is 11.9 Å². The van der Waals surface area contributed by atoms with Crippen LogP contribution in [0.5, 0.6) is 0 Å². The van der Waals surface area contributed by atoms with E-state index in [-0.39, 0.29) is 11.9 Å². The number of carbonyl (C=O) groups excluding carboxylic acids is 2. The molecule has 0 saturated carbocycles. The summed E-state index contributed by atoms with van der Waals surface area (Å²) in [5.74, 6) is -0.407. The number of hydrogen-bond acceptors (Lipinski definition) is 3. The molecule has 0 aliphatic carbocycles. The number of ether oxygens (including phenoxy) is 1. The topological polar surface area (TPSA) is 55.4 Å². The highest BCUT2D eigenvalue weighted by atomic mass is 16.5. The molecule has 1 N–H and O–H groups in total. The lowest BCUT2D eigenvalue weighted by Gasteiger charge is -2.16. The van der Waals surface area contributed by atoms with Crippen molar-refractivity contribution in [3.63, 3.8) is 0 Å². The molecule has 1 aliphatic heterocycles. The zero-order chi connectivity index (χ0) is 10.1. The van der Waals surface area contributed by atoms with E-state index in [0.717, 1.165) is 6.42 Å². The minimum absolute atomic E-state index is 0.0506. The molecular weight excluding hydrogens is 170 g/mol. The molecule has 0 bridgehead atoms. The third-order valence-electron chi connectivity index (χ3n) is 2.77. The Hall–Kier alpha value is -1.06. The average Bonchev–Trinajstić information content (AvgIpc) is 2.43. The van der Waals surface area contributed by atoms with Gasteiger partial charge in [-0.15, -0.1) is 0 Å². The molecule has 1 rings (SSSR count). The van der Waals surface area contributed by atoms with Crippen LogP contribution in [0.2, 0.25) is 0 Å². The minimum Gasteiger partial charge on any atom is -0.467 e. The second-order valence-electron chi connectivity index (χ2n) is 3.67. The number of amides is 1. The minimum atomic E-state index is -0.456. The van der Waals surface area contributed by atoms with Crippen LogP contribution in [0.3, 0.4) is 0 Å². The van der Waals surface area contributed by atoms with E-state index in [2.05, 4.69) is 10.1 Å². The lowest BCUT2D eigenvalue weighted by molar-refractivity contribution is -0.143. The maximum absolute atomic E-state index is 11.4. The van der Waals surface area contributed by atoms with Crippen LogP contribution in [-0.2, 0) is 14.3 Å². The molecule has 1 heterocycles. The number of rotatable bonds is 2. The number of methoxy groups -OCH3 is 1. The van der Waals surface area contributed by atoms with Crippen molar-refractivity contribution in [3.8, 4) is 0 Å². The lowest BCUT2D eigenvalue weighted by atomic mass is 9.84. The van der Waals surface area contributed by atoms with Crippen molar-refractivity contribution in [2.45, 2.75) is 32.7 Å². The molecule has 1 fully saturated rings. The van der Waals surface area contributed by atoms with Crippen molar-refractivity contribution in [1.29, 1.82) is 0 Å². The van der Waals surface area contributed by atoms with Gasteiger partial charge in [-0.05, 0) is 12.8 Å². The van der Waals surface area contributed by atoms with Gasteiger partial charge in [-0.2, -0.15) is 0 Å². The third-order valence-corrected chi connectivity index (χ3v) is 2.77. The van der Waals surface area contributed by atoms with Crippen molar-refractivity contribution in [3.05, 3.63) is 0 Å². The zero-order valence-electron chi connectivity index (χ0n) is 8.22. The first-order valence-electron chi connectivity index (χ1n) is 4.42. The fourth-order valence-corrected chi connectivity index (χ4v) is 1.52. The fraction of sp³-hybridized carbons (Fsp3) is 0.778. The van der Waals surface area contributed by atoms with Crippen LogP contribution in [0.15, 0.2) is 0 Å². The molecular formula is C9H15NO3. The van der Waals surface area contributed by atoms with Crippen LogP contribution in [0.1, 0.15) is 26.7 Å². The Bertz CT molecular complexity index is 239. The molecule has 4 nitrogen and oxygen atoms in total. The Morgan fingerprint density at radius 1 is 1.77 bits per heavy atom. The molecule has 0 aromatic carbocycles. The summed E-state index contributed by atoms with van der Waals surface area (Å²) < 4.78 is 4.57. The largest absolute Gasteiger partial charge is 0.467 e. The quantitative estimate of drug-likeness (QED) is 0.636. The first kappa shape index (κ1) is 10.0. The molecule has 13 heavy (non-hydrogen) atoms. The lowest BCUT2D eigenvalue weighted by Crippen LogP contribution is -2.34. The summed E-state index contributed by atoms with van der Waals surface area (Å²) in [5, 5.41) is 2.63. The predicted octanol–water partition coefficient (Wildman–Crippen LogP) is 0.464. The number of carbonyl (C=O) groups is 2. The van der Waals surface area contributed by atoms with Crippen molar-refractivity contribution < 1.29 is 14.3 Å². The zero-order valence-corrected chi connectivity index (χ0v) is 8.22. The molecule has 1 unspecified atom stereocenters. The highest BCUT2D eigenvalue weighted by molar-refractivity contribution is 5.91. The normalized spacial score (nSPS) is 32.8. The van der Waals surface area contributed by atoms with Crippen molar-refractivity contribution in [2.75, 3.05) is 7.11 Å². The summed E-state index contributed by atoms with van der Waals surface area (Å²) >= 11 is 0. The molecule has 0 spiro atoms. The Morgan fingerprint density at radius 2 is 2.38 bits per heavy atom. The molecule has 1 saturated heterocycles. The SMILES string of the molecule is CCC1(C)C[C@@H](C(=O)OC)NC1=O. The molecule has 0 aromatic heterocycles. The molecule has 74 valence electrons. The first-order chi connectivity index (χ1) is 6.03. The second-order valence-corrected chi connectivity index (χ2v) is 3.67. The van der Waals surface area contributed by atoms with Crippen LogP contribution in [-0.4, -0.2) is 25.0 Å². The van der Waals surface area contributed by atoms with Crippen LogP contribution >= 0.6 is 0 Å². The van der Waals surface area contributed by atoms with E-state index in [4.69, 9.17) is 0 Å². The summed E-state index contributed by atoms with van der Waals surface area (Å²) in [6.45, 7) is 3.81. The van der Waals surface area contributed by atoms with Gasteiger partial charge in [0.2, 0.25) is 5.91 Å². The van der Waals surface area contributed by atoms with Gasteiger partial charge in [-0.3, -0.25) is 4.79 Å². The third kappa shape index (κ3) is 1.66. The highest BCUT2D eigenvalue weighted by Gasteiger charge is 2.44. The van der Waals surface area contributed by atoms with Crippen LogP contribution in [0.4, 0.5) is 0 Å². The summed E-state index contributed by atoms with van der Waals surface area (Å²) in [7, 11) is 1.33. The number of esters is 1. The average molecular weight is 185 g/mol. The van der Waals surface area contributed by atoms with Crippen molar-refractivity contribution in [1.82, 2.24) is 5.32 Å². The summed E-state index contributed by atoms with van der Waals surface area (Å²) in [6, 6.07) is -0.456. The van der Waals surface area contributed by atoms with Crippen molar-refractivity contribution in [2.24, 2.45) is 5.41 Å². The Balaban J connectivity index is 2.70. The monoisotopic (exact) mass is 185 g/mol. The molecule has 1 amide bonds. The number of nitrogens with one attached hydrogen (secondary N) is 1. The summed E-state index contributed by atoms with van der Waals surface area (Å²) in [6.07, 6.45) is 1.28. The van der Waals surface area contributed by atoms with E-state index in [1.54, 1.807) is 0 Å². The van der Waals surface area contributed by atoms with Crippen LogP contribution in [0, 0.1) is 5.41 Å². The van der Waals surface area contributed by atoms with E-state index >= 15 is 0 Å². The van der Waals surface area contributed by atoms with E-state index < -0.39 is 11.5 Å². The highest BCUT2D eigenvalue weighted by Crippen LogP contribution is 2.33. The van der Waals surface area contributed by atoms with Gasteiger partial charge in [0.15, 0.2) is 0 Å². The Morgan fingerprint density at radius 3 is 2.77 bits per heavy atom. The summed E-state index contributed by atoms with van der Waals surface area (Å²) in [4.78, 5) is 22.6. The first-order valence-corrected chi connectivity index (χ1v) is 4.42. The number of hydrogen-bond donors (Lipinski definition) is 1. The fourth-order valence-electron chi connectivity index (χ4n) is 1.52. The van der Waals surface area contributed by atoms with Gasteiger partial charge in [0.05, 0.1) is 7.11 Å². The molecule has 0 radical (unpaired) electrons. The van der Waals surface area contributed by atoms with Gasteiger partial charge in [-0.25, -0.2) is 4.79 Å². The van der Waals surface area contributed by atoms with Gasteiger partial charge >= 0.3 is 5.97 Å². The Labute approximate surface area is 77.6 Å². The second kappa shape index (κ2) is 3.36. The Kier molecular flexibility index (Phi) is 2.59. The van der Waals surface area contributed by atoms with Gasteiger partial charge in [0.25, 0.3) is 0 Å². The molecule has 0 aromatic rings. The van der Waals surface area contributed by atoms with Gasteiger partial charge < -0.3 is 10.1 Å². The van der Waals surface area contributed by atoms with E-state index in [1.807, 2.05) is 13.8 Å².